The molecule has 0 saturated carbocycles. The zero-order chi connectivity index (χ0) is 23.0. The molecule has 1 aliphatic rings. The minimum atomic E-state index is -4.75. The van der Waals surface area contributed by atoms with Gasteiger partial charge in [-0.15, -0.1) is 0 Å². The Morgan fingerprint density at radius 2 is 1.66 bits per heavy atom. The van der Waals surface area contributed by atoms with Crippen LogP contribution in [0.3, 0.4) is 0 Å². The lowest BCUT2D eigenvalue weighted by molar-refractivity contribution is -0.138. The number of nitrogen functional groups attached to an aromatic ring is 1. The quantitative estimate of drug-likeness (QED) is 0.583. The number of alkyl halides is 3. The Labute approximate surface area is 180 Å². The highest BCUT2D eigenvalue weighted by atomic mass is 19.4. The molecule has 10 heteroatoms. The minimum absolute atomic E-state index is 0.0826. The monoisotopic (exact) mass is 448 g/mol. The fourth-order valence-electron chi connectivity index (χ4n) is 3.84. The molecule has 2 heterocycles. The highest BCUT2D eigenvalue weighted by molar-refractivity contribution is 5.83. The molecule has 168 valence electrons. The van der Waals surface area contributed by atoms with Crippen molar-refractivity contribution in [2.75, 3.05) is 23.7 Å². The van der Waals surface area contributed by atoms with Crippen LogP contribution in [0.5, 0.6) is 5.75 Å². The number of anilines is 2. The summed E-state index contributed by atoms with van der Waals surface area (Å²) in [5.74, 6) is -1.49. The molecule has 0 amide bonds. The van der Waals surface area contributed by atoms with Gasteiger partial charge in [-0.25, -0.2) is 4.39 Å². The Morgan fingerprint density at radius 3 is 2.25 bits per heavy atom. The Hall–Kier alpha value is -3.56. The van der Waals surface area contributed by atoms with Gasteiger partial charge in [0.2, 0.25) is 0 Å². The van der Waals surface area contributed by atoms with E-state index in [1.807, 2.05) is 4.90 Å². The molecule has 0 aliphatic carbocycles. The van der Waals surface area contributed by atoms with Crippen LogP contribution in [0.4, 0.5) is 28.9 Å². The number of piperidine rings is 1. The number of aromatic nitrogens is 2. The van der Waals surface area contributed by atoms with Gasteiger partial charge in [0.15, 0.2) is 0 Å². The van der Waals surface area contributed by atoms with Gasteiger partial charge in [0.1, 0.15) is 22.9 Å². The lowest BCUT2D eigenvalue weighted by Gasteiger charge is -2.31. The molecule has 1 aliphatic heterocycles. The Morgan fingerprint density at radius 1 is 1.00 bits per heavy atom. The van der Waals surface area contributed by atoms with Crippen LogP contribution in [0.25, 0.3) is 16.9 Å². The molecule has 2 aromatic carbocycles. The van der Waals surface area contributed by atoms with Gasteiger partial charge < -0.3 is 15.7 Å². The van der Waals surface area contributed by atoms with Crippen molar-refractivity contribution in [2.45, 2.75) is 25.4 Å². The smallest absolute Gasteiger partial charge is 0.419 e. The summed E-state index contributed by atoms with van der Waals surface area (Å²) in [4.78, 5) is 15.0. The molecule has 3 N–H and O–H groups in total. The summed E-state index contributed by atoms with van der Waals surface area (Å²) in [6.07, 6.45) is -1.91. The Bertz CT molecular complexity index is 1200. The second kappa shape index (κ2) is 8.18. The summed E-state index contributed by atoms with van der Waals surface area (Å²) in [5, 5.41) is 14.3. The van der Waals surface area contributed by atoms with E-state index in [0.717, 1.165) is 36.1 Å². The second-order valence-corrected chi connectivity index (χ2v) is 7.58. The molecule has 1 fully saturated rings. The largest absolute Gasteiger partial charge is 0.507 e. The molecule has 6 nitrogen and oxygen atoms in total. The first kappa shape index (κ1) is 21.7. The third-order valence-electron chi connectivity index (χ3n) is 5.42. The van der Waals surface area contributed by atoms with Crippen molar-refractivity contribution in [1.29, 1.82) is 0 Å². The third-order valence-corrected chi connectivity index (χ3v) is 5.42. The number of hydrogen-bond donors (Lipinski definition) is 2. The summed E-state index contributed by atoms with van der Waals surface area (Å²) in [7, 11) is 0. The zero-order valence-electron chi connectivity index (χ0n) is 16.9. The second-order valence-electron chi connectivity index (χ2n) is 7.58. The van der Waals surface area contributed by atoms with E-state index >= 15 is 0 Å². The maximum Gasteiger partial charge on any atom is 0.419 e. The Balaban J connectivity index is 1.93. The van der Waals surface area contributed by atoms with E-state index < -0.39 is 28.9 Å². The number of aromatic hydroxyl groups is 1. The van der Waals surface area contributed by atoms with E-state index in [1.165, 1.54) is 24.3 Å². The average Bonchev–Trinajstić information content (AvgIpc) is 2.75. The predicted octanol–water partition coefficient (Wildman–Crippen LogP) is 4.34. The molecule has 1 saturated heterocycles. The highest BCUT2D eigenvalue weighted by Gasteiger charge is 2.34. The summed E-state index contributed by atoms with van der Waals surface area (Å²) in [6.45, 7) is 1.31. The van der Waals surface area contributed by atoms with Crippen molar-refractivity contribution in [2.24, 2.45) is 0 Å². The number of phenols is 1. The van der Waals surface area contributed by atoms with Gasteiger partial charge in [-0.3, -0.25) is 4.79 Å². The normalized spacial score (nSPS) is 14.6. The molecule has 1 aromatic heterocycles. The Kier molecular flexibility index (Phi) is 5.53. The number of nitrogens with zero attached hydrogens (tertiary/aromatic N) is 3. The van der Waals surface area contributed by atoms with Gasteiger partial charge in [0.05, 0.1) is 16.9 Å². The van der Waals surface area contributed by atoms with Crippen molar-refractivity contribution >= 4 is 11.4 Å². The molecule has 0 atom stereocenters. The lowest BCUT2D eigenvalue weighted by atomic mass is 10.1. The number of benzene rings is 2. The van der Waals surface area contributed by atoms with Crippen LogP contribution >= 0.6 is 0 Å². The maximum absolute atomic E-state index is 13.5. The zero-order valence-corrected chi connectivity index (χ0v) is 16.9. The van der Waals surface area contributed by atoms with Gasteiger partial charge in [0, 0.05) is 24.7 Å². The highest BCUT2D eigenvalue weighted by Crippen LogP contribution is 2.37. The van der Waals surface area contributed by atoms with Crippen LogP contribution in [-0.2, 0) is 6.18 Å². The van der Waals surface area contributed by atoms with E-state index in [2.05, 4.69) is 5.10 Å². The van der Waals surface area contributed by atoms with Crippen molar-refractivity contribution in [3.05, 3.63) is 64.2 Å². The van der Waals surface area contributed by atoms with Crippen molar-refractivity contribution in [3.8, 4) is 22.7 Å². The van der Waals surface area contributed by atoms with Crippen LogP contribution in [0.15, 0.2) is 47.3 Å². The summed E-state index contributed by atoms with van der Waals surface area (Å²) in [5.41, 5.74) is 5.26. The lowest BCUT2D eigenvalue weighted by Crippen LogP contribution is -2.35. The minimum Gasteiger partial charge on any atom is -0.507 e. The van der Waals surface area contributed by atoms with Crippen molar-refractivity contribution in [1.82, 2.24) is 9.78 Å². The number of hydrogen-bond acceptors (Lipinski definition) is 5. The van der Waals surface area contributed by atoms with E-state index in [-0.39, 0.29) is 11.4 Å². The van der Waals surface area contributed by atoms with E-state index in [0.29, 0.717) is 36.1 Å². The van der Waals surface area contributed by atoms with Gasteiger partial charge in [-0.05, 0) is 55.7 Å². The predicted molar refractivity (Wildman–Crippen MR) is 112 cm³/mol. The molecular formula is C22H20F4N4O2. The first-order valence-corrected chi connectivity index (χ1v) is 10.0. The van der Waals surface area contributed by atoms with Crippen LogP contribution in [0.2, 0.25) is 0 Å². The molecule has 0 spiro atoms. The maximum atomic E-state index is 13.5. The van der Waals surface area contributed by atoms with Gasteiger partial charge in [0.25, 0.3) is 5.56 Å². The number of nitrogens with two attached hydrogens (primary N) is 1. The van der Waals surface area contributed by atoms with E-state index in [4.69, 9.17) is 5.73 Å². The summed E-state index contributed by atoms with van der Waals surface area (Å²) >= 11 is 0. The molecule has 0 radical (unpaired) electrons. The van der Waals surface area contributed by atoms with Gasteiger partial charge >= 0.3 is 6.18 Å². The number of phenolic OH excluding ortho intramolecular Hbond substituents is 1. The van der Waals surface area contributed by atoms with Crippen LogP contribution in [-0.4, -0.2) is 28.0 Å². The van der Waals surface area contributed by atoms with E-state index in [9.17, 15) is 27.5 Å². The van der Waals surface area contributed by atoms with Crippen molar-refractivity contribution in [3.63, 3.8) is 0 Å². The van der Waals surface area contributed by atoms with Crippen LogP contribution in [0, 0.1) is 5.82 Å². The standard InChI is InChI=1S/C22H20F4N4O2/c23-14-6-4-13(5-7-14)19-20(29-10-2-1-3-11-29)18(27)21(32)30(28-19)15-8-9-16(17(31)12-15)22(24,25)26/h4-9,12,31H,1-3,10-11,27H2. The molecule has 32 heavy (non-hydrogen) atoms. The molecular weight excluding hydrogens is 428 g/mol. The topological polar surface area (TPSA) is 84.4 Å². The first-order chi connectivity index (χ1) is 15.2. The first-order valence-electron chi connectivity index (χ1n) is 10.0. The summed E-state index contributed by atoms with van der Waals surface area (Å²) in [6, 6.07) is 7.98. The number of halogens is 4. The average molecular weight is 448 g/mol. The van der Waals surface area contributed by atoms with E-state index in [1.54, 1.807) is 0 Å². The molecule has 0 bridgehead atoms. The van der Waals surface area contributed by atoms with Crippen molar-refractivity contribution < 1.29 is 22.7 Å². The van der Waals surface area contributed by atoms with Crippen LogP contribution < -0.4 is 16.2 Å². The summed E-state index contributed by atoms with van der Waals surface area (Å²) < 4.78 is 53.4. The molecule has 4 rings (SSSR count). The fraction of sp³-hybridized carbons (Fsp3) is 0.273. The number of rotatable bonds is 3. The fourth-order valence-corrected chi connectivity index (χ4v) is 3.84. The molecule has 0 unspecified atom stereocenters. The third kappa shape index (κ3) is 4.00. The SMILES string of the molecule is Nc1c(N2CCCCC2)c(-c2ccc(F)cc2)nn(-c2ccc(C(F)(F)F)c(O)c2)c1=O. The van der Waals surface area contributed by atoms with Gasteiger partial charge in [-0.2, -0.15) is 23.0 Å². The van der Waals surface area contributed by atoms with Gasteiger partial charge in [-0.1, -0.05) is 0 Å². The molecule has 3 aromatic rings. The van der Waals surface area contributed by atoms with Crippen LogP contribution in [0.1, 0.15) is 24.8 Å².